The average molecular weight is 436 g/mol. The minimum Gasteiger partial charge on any atom is -0.478 e. The molecule has 0 saturated heterocycles. The summed E-state index contributed by atoms with van der Waals surface area (Å²) in [7, 11) is 0. The number of aliphatic hydroxyl groups excluding tert-OH is 3. The smallest absolute Gasteiger partial charge is 0.368 e. The lowest BCUT2D eigenvalue weighted by atomic mass is 10.1. The van der Waals surface area contributed by atoms with E-state index in [4.69, 9.17) is 25.5 Å². The first kappa shape index (κ1) is 34.9. The van der Waals surface area contributed by atoms with E-state index in [1.54, 1.807) is 13.8 Å². The SMILES string of the molecule is C=C(C)C(=O)O.C=C(C)C(=O)O.C=C(C)C(=O)OOCC.OCCCC(CO)CO. The molecule has 0 bridgehead atoms. The Hall–Kier alpha value is -2.53. The van der Waals surface area contributed by atoms with Gasteiger partial charge in [0.2, 0.25) is 0 Å². The fourth-order valence-electron chi connectivity index (χ4n) is 0.804. The number of aliphatic hydroxyl groups is 3. The van der Waals surface area contributed by atoms with E-state index >= 15 is 0 Å². The summed E-state index contributed by atoms with van der Waals surface area (Å²) in [6, 6.07) is 0. The van der Waals surface area contributed by atoms with Crippen molar-refractivity contribution in [2.75, 3.05) is 26.4 Å². The van der Waals surface area contributed by atoms with E-state index in [0.29, 0.717) is 25.0 Å². The van der Waals surface area contributed by atoms with Gasteiger partial charge in [0.25, 0.3) is 0 Å². The van der Waals surface area contributed by atoms with Crippen molar-refractivity contribution in [2.24, 2.45) is 5.92 Å². The highest BCUT2D eigenvalue weighted by molar-refractivity contribution is 5.86. The highest BCUT2D eigenvalue weighted by Gasteiger charge is 2.03. The molecule has 0 aliphatic carbocycles. The third kappa shape index (κ3) is 33.1. The Bertz CT molecular complexity index is 474. The molecular formula is C20H36O10. The van der Waals surface area contributed by atoms with Crippen molar-refractivity contribution in [3.05, 3.63) is 36.5 Å². The van der Waals surface area contributed by atoms with Gasteiger partial charge >= 0.3 is 17.9 Å². The van der Waals surface area contributed by atoms with E-state index in [1.165, 1.54) is 13.8 Å². The number of carboxylic acids is 2. The second kappa shape index (κ2) is 24.5. The number of hydrogen-bond acceptors (Lipinski definition) is 8. The molecule has 0 amide bonds. The maximum atomic E-state index is 10.5. The van der Waals surface area contributed by atoms with Crippen LogP contribution in [0.3, 0.4) is 0 Å². The van der Waals surface area contributed by atoms with Crippen LogP contribution < -0.4 is 0 Å². The van der Waals surface area contributed by atoms with E-state index in [9.17, 15) is 14.4 Å². The number of aliphatic carboxylic acids is 2. The fraction of sp³-hybridized carbons (Fsp3) is 0.550. The third-order valence-electron chi connectivity index (χ3n) is 2.62. The summed E-state index contributed by atoms with van der Waals surface area (Å²) >= 11 is 0. The van der Waals surface area contributed by atoms with Crippen molar-refractivity contribution < 1.29 is 49.7 Å². The van der Waals surface area contributed by atoms with Gasteiger partial charge in [-0.15, -0.1) is 0 Å². The molecule has 0 saturated carbocycles. The van der Waals surface area contributed by atoms with E-state index in [1.807, 2.05) is 0 Å². The van der Waals surface area contributed by atoms with E-state index in [2.05, 4.69) is 29.5 Å². The van der Waals surface area contributed by atoms with Crippen LogP contribution in [0.1, 0.15) is 40.5 Å². The molecule has 0 heterocycles. The maximum absolute atomic E-state index is 10.5. The Kier molecular flexibility index (Phi) is 28.5. The number of carbonyl (C=O) groups excluding carboxylic acids is 1. The van der Waals surface area contributed by atoms with Crippen molar-refractivity contribution in [3.63, 3.8) is 0 Å². The van der Waals surface area contributed by atoms with Crippen LogP contribution in [0, 0.1) is 5.92 Å². The monoisotopic (exact) mass is 436 g/mol. The lowest BCUT2D eigenvalue weighted by molar-refractivity contribution is -0.265. The molecule has 0 unspecified atom stereocenters. The van der Waals surface area contributed by atoms with Crippen LogP contribution in [0.15, 0.2) is 36.5 Å². The van der Waals surface area contributed by atoms with Gasteiger partial charge in [-0.25, -0.2) is 14.4 Å². The number of carboxylic acid groups (broad SMARTS) is 2. The normalized spacial score (nSPS) is 8.80. The molecule has 30 heavy (non-hydrogen) atoms. The van der Waals surface area contributed by atoms with Gasteiger partial charge in [0.05, 0.1) is 6.61 Å². The quantitative estimate of drug-likeness (QED) is 0.193. The predicted octanol–water partition coefficient (Wildman–Crippen LogP) is 1.71. The Labute approximate surface area is 177 Å². The summed E-state index contributed by atoms with van der Waals surface area (Å²) in [4.78, 5) is 38.2. The zero-order valence-electron chi connectivity index (χ0n) is 18.2. The molecular weight excluding hydrogens is 400 g/mol. The molecule has 0 aromatic rings. The molecule has 0 radical (unpaired) electrons. The maximum Gasteiger partial charge on any atom is 0.368 e. The van der Waals surface area contributed by atoms with Gasteiger partial charge in [-0.2, -0.15) is 4.89 Å². The standard InChI is InChI=1S/C6H10O3.C6H14O3.2C4H6O2/c1-4-8-9-6(7)5(2)3;7-3-1-2-6(4-8)5-9;2*1-3(2)4(5)6/h2,4H2,1,3H3;6-9H,1-5H2;2*1H2,2H3,(H,5,6). The molecule has 0 aromatic heterocycles. The van der Waals surface area contributed by atoms with Crippen molar-refractivity contribution >= 4 is 17.9 Å². The van der Waals surface area contributed by atoms with Gasteiger partial charge in [0.15, 0.2) is 0 Å². The van der Waals surface area contributed by atoms with Gasteiger partial charge in [-0.3, -0.25) is 4.89 Å². The van der Waals surface area contributed by atoms with Gasteiger partial charge in [0.1, 0.15) is 0 Å². The minimum atomic E-state index is -0.935. The largest absolute Gasteiger partial charge is 0.478 e. The van der Waals surface area contributed by atoms with Crippen LogP contribution in [0.4, 0.5) is 0 Å². The summed E-state index contributed by atoms with van der Waals surface area (Å²) in [6.07, 6.45) is 1.36. The zero-order chi connectivity index (χ0) is 24.7. The summed E-state index contributed by atoms with van der Waals surface area (Å²) < 4.78 is 0. The first-order valence-electron chi connectivity index (χ1n) is 8.91. The molecule has 5 N–H and O–H groups in total. The molecule has 176 valence electrons. The van der Waals surface area contributed by atoms with Crippen LogP contribution in [0.2, 0.25) is 0 Å². The van der Waals surface area contributed by atoms with Crippen LogP contribution in [0.25, 0.3) is 0 Å². The summed E-state index contributed by atoms with van der Waals surface area (Å²) in [5.74, 6) is -2.43. The number of carbonyl (C=O) groups is 3. The first-order chi connectivity index (χ1) is 13.8. The fourth-order valence-corrected chi connectivity index (χ4v) is 0.804. The topological polar surface area (TPSA) is 171 Å². The van der Waals surface area contributed by atoms with Crippen LogP contribution in [-0.4, -0.2) is 69.9 Å². The Balaban J connectivity index is -0.000000153. The van der Waals surface area contributed by atoms with E-state index in [0.717, 1.165) is 0 Å². The molecule has 0 fully saturated rings. The average Bonchev–Trinajstić information content (AvgIpc) is 2.68. The van der Waals surface area contributed by atoms with Crippen LogP contribution in [0.5, 0.6) is 0 Å². The van der Waals surface area contributed by atoms with Crippen molar-refractivity contribution in [1.82, 2.24) is 0 Å². The highest BCUT2D eigenvalue weighted by Crippen LogP contribution is 2.02. The van der Waals surface area contributed by atoms with Gasteiger partial charge in [-0.05, 0) is 40.5 Å². The Morgan fingerprint density at radius 3 is 1.40 bits per heavy atom. The number of hydrogen-bond donors (Lipinski definition) is 5. The molecule has 0 atom stereocenters. The molecule has 0 aliphatic rings. The first-order valence-corrected chi connectivity index (χ1v) is 8.91. The second-order valence-electron chi connectivity index (χ2n) is 5.83. The summed E-state index contributed by atoms with van der Waals surface area (Å²) in [6.45, 7) is 16.4. The Morgan fingerprint density at radius 2 is 1.20 bits per heavy atom. The minimum absolute atomic E-state index is 0.0104. The van der Waals surface area contributed by atoms with Crippen LogP contribution in [-0.2, 0) is 24.2 Å². The predicted molar refractivity (Wildman–Crippen MR) is 111 cm³/mol. The second-order valence-corrected chi connectivity index (χ2v) is 5.83. The zero-order valence-corrected chi connectivity index (χ0v) is 18.2. The highest BCUT2D eigenvalue weighted by atomic mass is 17.2. The van der Waals surface area contributed by atoms with Gasteiger partial charge in [-0.1, -0.05) is 19.7 Å². The molecule has 10 nitrogen and oxygen atoms in total. The molecule has 0 spiro atoms. The van der Waals surface area contributed by atoms with Gasteiger partial charge < -0.3 is 25.5 Å². The molecule has 0 aliphatic heterocycles. The van der Waals surface area contributed by atoms with Crippen molar-refractivity contribution in [1.29, 1.82) is 0 Å². The lowest BCUT2D eigenvalue weighted by Gasteiger charge is -2.07. The molecule has 10 heteroatoms. The molecule has 0 aromatic carbocycles. The van der Waals surface area contributed by atoms with Crippen LogP contribution >= 0.6 is 0 Å². The summed E-state index contributed by atoms with van der Waals surface area (Å²) in [5.41, 5.74) is 0.688. The van der Waals surface area contributed by atoms with Gasteiger partial charge in [0, 0.05) is 42.5 Å². The third-order valence-corrected chi connectivity index (χ3v) is 2.62. The van der Waals surface area contributed by atoms with E-state index < -0.39 is 17.9 Å². The van der Waals surface area contributed by atoms with E-state index in [-0.39, 0.29) is 36.9 Å². The lowest BCUT2D eigenvalue weighted by Crippen LogP contribution is -2.11. The molecule has 0 rings (SSSR count). The Morgan fingerprint density at radius 1 is 0.833 bits per heavy atom. The summed E-state index contributed by atoms with van der Waals surface area (Å²) in [5, 5.41) is 41.1. The van der Waals surface area contributed by atoms with Crippen molar-refractivity contribution in [3.8, 4) is 0 Å². The number of rotatable bonds is 10. The van der Waals surface area contributed by atoms with Crippen molar-refractivity contribution in [2.45, 2.75) is 40.5 Å².